The largest absolute Gasteiger partial charge is 0.381 e. The van der Waals surface area contributed by atoms with Crippen LogP contribution in [0.15, 0.2) is 11.6 Å². The first kappa shape index (κ1) is 11.4. The minimum absolute atomic E-state index is 0.0725. The molecular weight excluding hydrogens is 180 g/mol. The van der Waals surface area contributed by atoms with Gasteiger partial charge in [0.1, 0.15) is 5.60 Å². The van der Waals surface area contributed by atoms with Crippen LogP contribution < -0.4 is 0 Å². The molecule has 1 saturated heterocycles. The summed E-state index contributed by atoms with van der Waals surface area (Å²) in [5.41, 5.74) is 0.383. The van der Waals surface area contributed by atoms with Crippen LogP contribution in [0.25, 0.3) is 0 Å². The molecule has 0 aromatic heterocycles. The van der Waals surface area contributed by atoms with Gasteiger partial charge in [0, 0.05) is 33.2 Å². The van der Waals surface area contributed by atoms with Crippen molar-refractivity contribution in [3.05, 3.63) is 11.6 Å². The van der Waals surface area contributed by atoms with Gasteiger partial charge in [0.15, 0.2) is 5.78 Å². The molecule has 0 N–H and O–H groups in total. The number of hydrogen-bond donors (Lipinski definition) is 0. The van der Waals surface area contributed by atoms with Crippen LogP contribution in [0.5, 0.6) is 0 Å². The Morgan fingerprint density at radius 3 is 2.36 bits per heavy atom. The van der Waals surface area contributed by atoms with E-state index in [1.54, 1.807) is 13.2 Å². The van der Waals surface area contributed by atoms with Crippen LogP contribution in [-0.4, -0.2) is 31.7 Å². The molecule has 14 heavy (non-hydrogen) atoms. The van der Waals surface area contributed by atoms with Crippen LogP contribution >= 0.6 is 0 Å². The standard InChI is InChI=1S/C11H18O3/c1-9(2)8-10(12)11(13-3)4-6-14-7-5-11/h8H,4-7H2,1-3H3. The maximum atomic E-state index is 11.9. The van der Waals surface area contributed by atoms with Crippen LogP contribution in [0.3, 0.4) is 0 Å². The van der Waals surface area contributed by atoms with Crippen molar-refractivity contribution in [3.8, 4) is 0 Å². The smallest absolute Gasteiger partial charge is 0.187 e. The van der Waals surface area contributed by atoms with Crippen LogP contribution in [-0.2, 0) is 14.3 Å². The monoisotopic (exact) mass is 198 g/mol. The number of methoxy groups -OCH3 is 1. The highest BCUT2D eigenvalue weighted by molar-refractivity contribution is 5.97. The average molecular weight is 198 g/mol. The van der Waals surface area contributed by atoms with Gasteiger partial charge in [-0.1, -0.05) is 5.57 Å². The number of rotatable bonds is 3. The Balaban J connectivity index is 2.77. The summed E-state index contributed by atoms with van der Waals surface area (Å²) in [6.45, 7) is 5.05. The van der Waals surface area contributed by atoms with Gasteiger partial charge in [-0.2, -0.15) is 0 Å². The maximum absolute atomic E-state index is 11.9. The zero-order valence-electron chi connectivity index (χ0n) is 9.13. The van der Waals surface area contributed by atoms with Gasteiger partial charge in [-0.3, -0.25) is 4.79 Å². The van der Waals surface area contributed by atoms with E-state index in [2.05, 4.69) is 0 Å². The van der Waals surface area contributed by atoms with Gasteiger partial charge in [-0.05, 0) is 19.9 Å². The summed E-state index contributed by atoms with van der Waals surface area (Å²) in [5, 5.41) is 0. The minimum atomic E-state index is -0.629. The summed E-state index contributed by atoms with van der Waals surface area (Å²) >= 11 is 0. The van der Waals surface area contributed by atoms with E-state index < -0.39 is 5.60 Å². The van der Waals surface area contributed by atoms with Gasteiger partial charge >= 0.3 is 0 Å². The topological polar surface area (TPSA) is 35.5 Å². The normalized spacial score (nSPS) is 20.2. The Morgan fingerprint density at radius 1 is 1.36 bits per heavy atom. The molecule has 0 atom stereocenters. The molecule has 1 aliphatic heterocycles. The Labute approximate surface area is 85.1 Å². The van der Waals surface area contributed by atoms with E-state index in [4.69, 9.17) is 9.47 Å². The summed E-state index contributed by atoms with van der Waals surface area (Å²) < 4.78 is 10.6. The molecule has 3 heteroatoms. The SMILES string of the molecule is COC1(C(=O)C=C(C)C)CCOCC1. The first-order valence-corrected chi connectivity index (χ1v) is 4.93. The lowest BCUT2D eigenvalue weighted by molar-refractivity contribution is -0.147. The third kappa shape index (κ3) is 2.42. The van der Waals surface area contributed by atoms with E-state index >= 15 is 0 Å². The lowest BCUT2D eigenvalue weighted by Crippen LogP contribution is -2.44. The van der Waals surface area contributed by atoms with Gasteiger partial charge in [-0.15, -0.1) is 0 Å². The molecule has 0 amide bonds. The van der Waals surface area contributed by atoms with E-state index in [0.29, 0.717) is 26.1 Å². The Morgan fingerprint density at radius 2 is 1.93 bits per heavy atom. The van der Waals surface area contributed by atoms with Crippen molar-refractivity contribution in [1.82, 2.24) is 0 Å². The summed E-state index contributed by atoms with van der Waals surface area (Å²) in [5.74, 6) is 0.0725. The highest BCUT2D eigenvalue weighted by Gasteiger charge is 2.38. The van der Waals surface area contributed by atoms with Gasteiger partial charge in [0.05, 0.1) is 0 Å². The van der Waals surface area contributed by atoms with Gasteiger partial charge in [-0.25, -0.2) is 0 Å². The molecule has 1 fully saturated rings. The Hall–Kier alpha value is -0.670. The number of carbonyl (C=O) groups is 1. The molecular formula is C11H18O3. The van der Waals surface area contributed by atoms with Crippen molar-refractivity contribution in [1.29, 1.82) is 0 Å². The summed E-state index contributed by atoms with van der Waals surface area (Å²) in [7, 11) is 1.60. The molecule has 0 aromatic carbocycles. The fourth-order valence-electron chi connectivity index (χ4n) is 1.65. The molecule has 1 rings (SSSR count). The fourth-order valence-corrected chi connectivity index (χ4v) is 1.65. The zero-order valence-corrected chi connectivity index (χ0v) is 9.13. The quantitative estimate of drug-likeness (QED) is 0.648. The number of carbonyl (C=O) groups excluding carboxylic acids is 1. The summed E-state index contributed by atoms with van der Waals surface area (Å²) in [6.07, 6.45) is 2.98. The summed E-state index contributed by atoms with van der Waals surface area (Å²) in [4.78, 5) is 11.9. The second-order valence-electron chi connectivity index (χ2n) is 3.90. The van der Waals surface area contributed by atoms with E-state index in [1.165, 1.54) is 0 Å². The molecule has 0 aliphatic carbocycles. The van der Waals surface area contributed by atoms with E-state index in [1.807, 2.05) is 13.8 Å². The van der Waals surface area contributed by atoms with Gasteiger partial charge < -0.3 is 9.47 Å². The number of ketones is 1. The fraction of sp³-hybridized carbons (Fsp3) is 0.727. The van der Waals surface area contributed by atoms with Gasteiger partial charge in [0.25, 0.3) is 0 Å². The second kappa shape index (κ2) is 4.71. The van der Waals surface area contributed by atoms with Crippen molar-refractivity contribution >= 4 is 5.78 Å². The molecule has 1 heterocycles. The van der Waals surface area contributed by atoms with Crippen molar-refractivity contribution < 1.29 is 14.3 Å². The molecule has 3 nitrogen and oxygen atoms in total. The number of allylic oxidation sites excluding steroid dienone is 1. The highest BCUT2D eigenvalue weighted by atomic mass is 16.5. The molecule has 0 aromatic rings. The third-order valence-corrected chi connectivity index (χ3v) is 2.56. The highest BCUT2D eigenvalue weighted by Crippen LogP contribution is 2.26. The minimum Gasteiger partial charge on any atom is -0.381 e. The lowest BCUT2D eigenvalue weighted by Gasteiger charge is -2.33. The third-order valence-electron chi connectivity index (χ3n) is 2.56. The number of hydrogen-bond acceptors (Lipinski definition) is 3. The van der Waals surface area contributed by atoms with E-state index in [0.717, 1.165) is 5.57 Å². The zero-order chi connectivity index (χ0) is 10.6. The predicted octanol–water partition coefficient (Wildman–Crippen LogP) is 1.72. The van der Waals surface area contributed by atoms with E-state index in [9.17, 15) is 4.79 Å². The van der Waals surface area contributed by atoms with Crippen molar-refractivity contribution in [2.75, 3.05) is 20.3 Å². The van der Waals surface area contributed by atoms with Crippen LogP contribution in [0, 0.1) is 0 Å². The predicted molar refractivity (Wildman–Crippen MR) is 54.2 cm³/mol. The first-order valence-electron chi connectivity index (χ1n) is 4.93. The molecule has 0 saturated carbocycles. The molecule has 0 bridgehead atoms. The molecule has 0 unspecified atom stereocenters. The Kier molecular flexibility index (Phi) is 3.84. The van der Waals surface area contributed by atoms with Crippen LogP contribution in [0.1, 0.15) is 26.7 Å². The average Bonchev–Trinajstić information content (AvgIpc) is 2.18. The van der Waals surface area contributed by atoms with Gasteiger partial charge in [0.2, 0.25) is 0 Å². The molecule has 0 spiro atoms. The molecule has 80 valence electrons. The van der Waals surface area contributed by atoms with Crippen LogP contribution in [0.2, 0.25) is 0 Å². The maximum Gasteiger partial charge on any atom is 0.187 e. The first-order chi connectivity index (χ1) is 6.60. The second-order valence-corrected chi connectivity index (χ2v) is 3.90. The summed E-state index contributed by atoms with van der Waals surface area (Å²) in [6, 6.07) is 0. The van der Waals surface area contributed by atoms with Crippen molar-refractivity contribution in [2.24, 2.45) is 0 Å². The number of ether oxygens (including phenoxy) is 2. The van der Waals surface area contributed by atoms with E-state index in [-0.39, 0.29) is 5.78 Å². The Bertz CT molecular complexity index is 233. The lowest BCUT2D eigenvalue weighted by atomic mass is 9.88. The molecule has 1 aliphatic rings. The molecule has 0 radical (unpaired) electrons. The van der Waals surface area contributed by atoms with Crippen molar-refractivity contribution in [2.45, 2.75) is 32.3 Å². The van der Waals surface area contributed by atoms with Crippen LogP contribution in [0.4, 0.5) is 0 Å². The van der Waals surface area contributed by atoms with Crippen molar-refractivity contribution in [3.63, 3.8) is 0 Å².